The van der Waals surface area contributed by atoms with Crippen LogP contribution in [0.3, 0.4) is 0 Å². The van der Waals surface area contributed by atoms with Crippen LogP contribution in [0, 0.1) is 10.1 Å². The van der Waals surface area contributed by atoms with Gasteiger partial charge >= 0.3 is 0 Å². The minimum atomic E-state index is -0.457. The van der Waals surface area contributed by atoms with Gasteiger partial charge in [0.1, 0.15) is 0 Å². The second-order valence-corrected chi connectivity index (χ2v) is 7.84. The van der Waals surface area contributed by atoms with Crippen molar-refractivity contribution >= 4 is 35.6 Å². The van der Waals surface area contributed by atoms with Crippen molar-refractivity contribution in [3.63, 3.8) is 0 Å². The molecule has 35 heavy (non-hydrogen) atoms. The molecule has 0 aliphatic rings. The van der Waals surface area contributed by atoms with Crippen LogP contribution in [0.5, 0.6) is 11.5 Å². The standard InChI is InChI=1S/C23H24N6O5S/c1-4-28-22(17-11-12-19(33-2)20(14-17)34-3)26-27-23(28)35-15-21(30)25-24-13-7-9-16-8-5-6-10-18(16)29(31)32/h5-14H,4,15H2,1-3H3,(H,25,30)/b9-7-,24-13-. The monoisotopic (exact) mass is 496 g/mol. The van der Waals surface area contributed by atoms with Crippen molar-refractivity contribution < 1.29 is 19.2 Å². The molecule has 0 saturated heterocycles. The molecule has 0 bridgehead atoms. The number of allylic oxidation sites excluding steroid dienone is 1. The molecule has 182 valence electrons. The van der Waals surface area contributed by atoms with Crippen molar-refractivity contribution in [2.45, 2.75) is 18.6 Å². The van der Waals surface area contributed by atoms with E-state index in [2.05, 4.69) is 20.7 Å². The van der Waals surface area contributed by atoms with Gasteiger partial charge in [0.05, 0.1) is 30.5 Å². The molecule has 3 rings (SSSR count). The number of aromatic nitrogens is 3. The Balaban J connectivity index is 1.59. The summed E-state index contributed by atoms with van der Waals surface area (Å²) >= 11 is 1.23. The van der Waals surface area contributed by atoms with Gasteiger partial charge < -0.3 is 14.0 Å². The highest BCUT2D eigenvalue weighted by Gasteiger charge is 2.16. The van der Waals surface area contributed by atoms with E-state index in [9.17, 15) is 14.9 Å². The third-order valence-corrected chi connectivity index (χ3v) is 5.73. The van der Waals surface area contributed by atoms with E-state index in [0.717, 1.165) is 5.56 Å². The number of carbonyl (C=O) groups excluding carboxylic acids is 1. The molecular formula is C23H24N6O5S. The number of para-hydroxylation sites is 1. The fraction of sp³-hybridized carbons (Fsp3) is 0.217. The van der Waals surface area contributed by atoms with E-state index in [0.29, 0.717) is 34.6 Å². The summed E-state index contributed by atoms with van der Waals surface area (Å²) in [7, 11) is 3.14. The summed E-state index contributed by atoms with van der Waals surface area (Å²) in [5, 5.41) is 24.0. The van der Waals surface area contributed by atoms with Crippen molar-refractivity contribution in [2.75, 3.05) is 20.0 Å². The molecule has 0 radical (unpaired) electrons. The Bertz CT molecular complexity index is 1260. The number of methoxy groups -OCH3 is 2. The van der Waals surface area contributed by atoms with E-state index in [-0.39, 0.29) is 17.3 Å². The minimum Gasteiger partial charge on any atom is -0.493 e. The number of thioether (sulfide) groups is 1. The quantitative estimate of drug-likeness (QED) is 0.183. The summed E-state index contributed by atoms with van der Waals surface area (Å²) in [6, 6.07) is 11.8. The number of benzene rings is 2. The first-order chi connectivity index (χ1) is 17.0. The Morgan fingerprint density at radius 3 is 2.69 bits per heavy atom. The number of nitrogens with zero attached hydrogens (tertiary/aromatic N) is 5. The fourth-order valence-corrected chi connectivity index (χ4v) is 3.92. The van der Waals surface area contributed by atoms with Crippen molar-refractivity contribution in [3.05, 3.63) is 64.2 Å². The van der Waals surface area contributed by atoms with E-state index in [4.69, 9.17) is 9.47 Å². The molecule has 0 spiro atoms. The lowest BCUT2D eigenvalue weighted by atomic mass is 10.2. The van der Waals surface area contributed by atoms with Crippen LogP contribution in [0.1, 0.15) is 12.5 Å². The molecule has 1 N–H and O–H groups in total. The second kappa shape index (κ2) is 12.3. The van der Waals surface area contributed by atoms with Gasteiger partial charge in [-0.25, -0.2) is 5.43 Å². The van der Waals surface area contributed by atoms with Crippen LogP contribution in [0.15, 0.2) is 58.8 Å². The summed E-state index contributed by atoms with van der Waals surface area (Å²) in [5.41, 5.74) is 3.66. The number of rotatable bonds is 11. The van der Waals surface area contributed by atoms with Crippen LogP contribution in [-0.2, 0) is 11.3 Å². The van der Waals surface area contributed by atoms with Crippen molar-refractivity contribution in [2.24, 2.45) is 5.10 Å². The van der Waals surface area contributed by atoms with Crippen LogP contribution < -0.4 is 14.9 Å². The molecule has 1 aromatic heterocycles. The van der Waals surface area contributed by atoms with E-state index in [1.807, 2.05) is 23.6 Å². The summed E-state index contributed by atoms with van der Waals surface area (Å²) in [6.07, 6.45) is 4.41. The van der Waals surface area contributed by atoms with Crippen LogP contribution in [0.4, 0.5) is 5.69 Å². The molecule has 3 aromatic rings. The molecule has 1 heterocycles. The van der Waals surface area contributed by atoms with Crippen molar-refractivity contribution in [1.82, 2.24) is 20.2 Å². The smallest absolute Gasteiger partial charge is 0.276 e. The van der Waals surface area contributed by atoms with E-state index in [1.54, 1.807) is 44.6 Å². The fourth-order valence-electron chi connectivity index (χ4n) is 3.13. The van der Waals surface area contributed by atoms with Gasteiger partial charge in [-0.05, 0) is 43.3 Å². The lowest BCUT2D eigenvalue weighted by Gasteiger charge is -2.10. The highest BCUT2D eigenvalue weighted by Crippen LogP contribution is 2.32. The normalized spacial score (nSPS) is 11.2. The molecular weight excluding hydrogens is 472 g/mol. The van der Waals surface area contributed by atoms with Crippen LogP contribution in [0.2, 0.25) is 0 Å². The van der Waals surface area contributed by atoms with E-state index < -0.39 is 4.92 Å². The molecule has 12 heteroatoms. The van der Waals surface area contributed by atoms with Gasteiger partial charge in [-0.1, -0.05) is 23.9 Å². The van der Waals surface area contributed by atoms with Gasteiger partial charge in [-0.15, -0.1) is 10.2 Å². The number of nitro groups is 1. The number of carbonyl (C=O) groups is 1. The predicted molar refractivity (Wildman–Crippen MR) is 134 cm³/mol. The zero-order valence-electron chi connectivity index (χ0n) is 19.4. The summed E-state index contributed by atoms with van der Waals surface area (Å²) in [4.78, 5) is 22.7. The van der Waals surface area contributed by atoms with Gasteiger partial charge in [0.15, 0.2) is 22.5 Å². The topological polar surface area (TPSA) is 134 Å². The molecule has 2 aromatic carbocycles. The first-order valence-electron chi connectivity index (χ1n) is 10.5. The van der Waals surface area contributed by atoms with Crippen LogP contribution in [0.25, 0.3) is 17.5 Å². The average molecular weight is 497 g/mol. The molecule has 11 nitrogen and oxygen atoms in total. The van der Waals surface area contributed by atoms with Crippen LogP contribution >= 0.6 is 11.8 Å². The third kappa shape index (κ3) is 6.44. The Labute approximate surface area is 206 Å². The Hall–Kier alpha value is -4.19. The number of ether oxygens (including phenoxy) is 2. The zero-order valence-corrected chi connectivity index (χ0v) is 20.2. The summed E-state index contributed by atoms with van der Waals surface area (Å²) in [6.45, 7) is 2.57. The van der Waals surface area contributed by atoms with Gasteiger partial charge in [-0.3, -0.25) is 14.9 Å². The maximum atomic E-state index is 12.2. The van der Waals surface area contributed by atoms with Crippen molar-refractivity contribution in [1.29, 1.82) is 0 Å². The molecule has 0 aliphatic heterocycles. The maximum Gasteiger partial charge on any atom is 0.276 e. The predicted octanol–water partition coefficient (Wildman–Crippen LogP) is 3.80. The number of hydrogen-bond acceptors (Lipinski definition) is 9. The Kier molecular flexibility index (Phi) is 8.95. The molecule has 0 unspecified atom stereocenters. The lowest BCUT2D eigenvalue weighted by molar-refractivity contribution is -0.385. The van der Waals surface area contributed by atoms with Gasteiger partial charge in [0.2, 0.25) is 0 Å². The maximum absolute atomic E-state index is 12.2. The first kappa shape index (κ1) is 25.4. The Morgan fingerprint density at radius 2 is 1.97 bits per heavy atom. The zero-order chi connectivity index (χ0) is 25.2. The lowest BCUT2D eigenvalue weighted by Crippen LogP contribution is -2.19. The highest BCUT2D eigenvalue weighted by molar-refractivity contribution is 7.99. The number of nitro benzene ring substituents is 1. The first-order valence-corrected chi connectivity index (χ1v) is 11.5. The number of hydrazone groups is 1. The molecule has 0 atom stereocenters. The summed E-state index contributed by atoms with van der Waals surface area (Å²) in [5.74, 6) is 1.59. The highest BCUT2D eigenvalue weighted by atomic mass is 32.2. The third-order valence-electron chi connectivity index (χ3n) is 4.77. The number of hydrogen-bond donors (Lipinski definition) is 1. The van der Waals surface area contributed by atoms with E-state index >= 15 is 0 Å². The minimum absolute atomic E-state index is 0.00919. The van der Waals surface area contributed by atoms with E-state index in [1.165, 1.54) is 30.1 Å². The largest absolute Gasteiger partial charge is 0.493 e. The SMILES string of the molecule is CCn1c(SCC(=O)N/N=C\C=C/c2ccccc2[N+](=O)[O-])nnc1-c1ccc(OC)c(OC)c1. The number of nitrogens with one attached hydrogen (secondary N) is 1. The van der Waals surface area contributed by atoms with Crippen LogP contribution in [-0.4, -0.2) is 51.8 Å². The molecule has 0 fully saturated rings. The second-order valence-electron chi connectivity index (χ2n) is 6.90. The van der Waals surface area contributed by atoms with Gasteiger partial charge in [0.25, 0.3) is 11.6 Å². The number of amides is 1. The molecule has 0 saturated carbocycles. The van der Waals surface area contributed by atoms with Crippen molar-refractivity contribution in [3.8, 4) is 22.9 Å². The van der Waals surface area contributed by atoms with Gasteiger partial charge in [-0.2, -0.15) is 5.10 Å². The summed E-state index contributed by atoms with van der Waals surface area (Å²) < 4.78 is 12.5. The molecule has 1 amide bonds. The average Bonchev–Trinajstić information content (AvgIpc) is 3.29. The van der Waals surface area contributed by atoms with Gasteiger partial charge in [0, 0.05) is 24.4 Å². The Morgan fingerprint density at radius 1 is 1.20 bits per heavy atom. The molecule has 0 aliphatic carbocycles.